The van der Waals surface area contributed by atoms with Crippen LogP contribution in [0.3, 0.4) is 0 Å². The molecule has 0 aliphatic heterocycles. The van der Waals surface area contributed by atoms with Crippen LogP contribution in [0.5, 0.6) is 0 Å². The highest BCUT2D eigenvalue weighted by Crippen LogP contribution is 2.31. The average molecular weight is 546 g/mol. The summed E-state index contributed by atoms with van der Waals surface area (Å²) in [5.74, 6) is 0.0233. The molecule has 0 fully saturated rings. The van der Waals surface area contributed by atoms with Crippen LogP contribution in [0.2, 0.25) is 5.02 Å². The first kappa shape index (κ1) is 28.1. The first-order chi connectivity index (χ1) is 18.9. The normalized spacial score (nSPS) is 11.7. The van der Waals surface area contributed by atoms with Crippen molar-refractivity contribution in [3.05, 3.63) is 100 Å². The first-order valence-electron chi connectivity index (χ1n) is 13.1. The smallest absolute Gasteiger partial charge is 0.311 e. The number of carbonyl (C=O) groups is 2. The highest BCUT2D eigenvalue weighted by atomic mass is 35.5. The maximum atomic E-state index is 12.8. The number of benzene rings is 3. The number of ether oxygens (including phenoxy) is 2. The molecule has 0 saturated carbocycles. The van der Waals surface area contributed by atoms with Crippen LogP contribution >= 0.6 is 11.6 Å². The zero-order chi connectivity index (χ0) is 27.8. The summed E-state index contributed by atoms with van der Waals surface area (Å²) in [6, 6.07) is 23.6. The summed E-state index contributed by atoms with van der Waals surface area (Å²) in [5, 5.41) is 4.66. The molecule has 1 unspecified atom stereocenters. The quantitative estimate of drug-likeness (QED) is 0.180. The van der Waals surface area contributed by atoms with Crippen LogP contribution in [0.4, 0.5) is 0 Å². The fourth-order valence-electron chi connectivity index (χ4n) is 4.42. The number of carbonyl (C=O) groups excluding carboxylic acids is 2. The molecule has 0 amide bonds. The van der Waals surface area contributed by atoms with Crippen LogP contribution in [-0.4, -0.2) is 23.7 Å². The summed E-state index contributed by atoms with van der Waals surface area (Å²) < 4.78 is 16.2. The number of esters is 2. The van der Waals surface area contributed by atoms with Gasteiger partial charge in [0, 0.05) is 28.1 Å². The van der Waals surface area contributed by atoms with E-state index < -0.39 is 6.10 Å². The molecule has 0 aliphatic carbocycles. The Bertz CT molecular complexity index is 1410. The number of hydrogen-bond donors (Lipinski definition) is 0. The Morgan fingerprint density at radius 1 is 0.923 bits per heavy atom. The van der Waals surface area contributed by atoms with Gasteiger partial charge in [-0.1, -0.05) is 83.5 Å². The molecule has 0 saturated heterocycles. The molecule has 7 heteroatoms. The molecular formula is C32H32ClNO5. The van der Waals surface area contributed by atoms with Gasteiger partial charge in [-0.25, -0.2) is 0 Å². The molecule has 0 spiro atoms. The number of nitrogens with zero attached hydrogens (tertiary/aromatic N) is 1. The fraction of sp³-hybridized carbons (Fsp3) is 0.281. The molecule has 0 N–H and O–H groups in total. The molecule has 1 atom stereocenters. The number of halogens is 1. The highest BCUT2D eigenvalue weighted by molar-refractivity contribution is 6.31. The summed E-state index contributed by atoms with van der Waals surface area (Å²) in [4.78, 5) is 24.3. The van der Waals surface area contributed by atoms with E-state index in [9.17, 15) is 9.59 Å². The van der Waals surface area contributed by atoms with Gasteiger partial charge in [0.1, 0.15) is 6.10 Å². The molecule has 6 nitrogen and oxygen atoms in total. The maximum absolute atomic E-state index is 12.8. The third-order valence-electron chi connectivity index (χ3n) is 6.54. The lowest BCUT2D eigenvalue weighted by Gasteiger charge is -2.15. The van der Waals surface area contributed by atoms with Crippen molar-refractivity contribution in [2.45, 2.75) is 52.6 Å². The largest absolute Gasteiger partial charge is 0.466 e. The van der Waals surface area contributed by atoms with E-state index in [2.05, 4.69) is 29.4 Å². The lowest BCUT2D eigenvalue weighted by molar-refractivity contribution is -0.147. The second-order valence-corrected chi connectivity index (χ2v) is 9.75. The highest BCUT2D eigenvalue weighted by Gasteiger charge is 2.21. The minimum Gasteiger partial charge on any atom is -0.466 e. The van der Waals surface area contributed by atoms with E-state index in [-0.39, 0.29) is 18.4 Å². The Labute approximate surface area is 233 Å². The van der Waals surface area contributed by atoms with Gasteiger partial charge in [0.05, 0.1) is 18.7 Å². The second-order valence-electron chi connectivity index (χ2n) is 9.34. The van der Waals surface area contributed by atoms with E-state index in [4.69, 9.17) is 25.6 Å². The summed E-state index contributed by atoms with van der Waals surface area (Å²) in [7, 11) is 0. The zero-order valence-electron chi connectivity index (χ0n) is 22.4. The number of aryl methyl sites for hydroxylation is 2. The van der Waals surface area contributed by atoms with E-state index in [0.717, 1.165) is 35.1 Å². The van der Waals surface area contributed by atoms with Gasteiger partial charge in [-0.15, -0.1) is 0 Å². The summed E-state index contributed by atoms with van der Waals surface area (Å²) in [5.41, 5.74) is 6.26. The molecule has 3 aromatic carbocycles. The van der Waals surface area contributed by atoms with Crippen LogP contribution in [0.15, 0.2) is 77.3 Å². The van der Waals surface area contributed by atoms with Crippen molar-refractivity contribution in [1.29, 1.82) is 0 Å². The van der Waals surface area contributed by atoms with Gasteiger partial charge >= 0.3 is 11.9 Å². The number of hydrogen-bond acceptors (Lipinski definition) is 6. The zero-order valence-corrected chi connectivity index (χ0v) is 23.2. The molecule has 0 aliphatic rings. The van der Waals surface area contributed by atoms with Gasteiger partial charge in [-0.3, -0.25) is 9.59 Å². The monoisotopic (exact) mass is 545 g/mol. The molecule has 0 bridgehead atoms. The number of aromatic nitrogens is 1. The molecule has 4 rings (SSSR count). The summed E-state index contributed by atoms with van der Waals surface area (Å²) in [6.45, 7) is 5.85. The Balaban J connectivity index is 1.40. The van der Waals surface area contributed by atoms with Gasteiger partial charge in [0.2, 0.25) is 0 Å². The SMILES string of the molecule is CCOC(=O)CCCc1ccc(-c2ccc(-c3onc(C)c3CC(=O)OC(C)c3ccccc3Cl)cc2)cc1. The minimum absolute atomic E-state index is 0.0405. The predicted octanol–water partition coefficient (Wildman–Crippen LogP) is 7.70. The van der Waals surface area contributed by atoms with Gasteiger partial charge in [0.15, 0.2) is 5.76 Å². The van der Waals surface area contributed by atoms with Crippen LogP contribution in [0.25, 0.3) is 22.5 Å². The number of rotatable bonds is 11. The van der Waals surface area contributed by atoms with Crippen LogP contribution in [0, 0.1) is 6.92 Å². The third kappa shape index (κ3) is 7.36. The van der Waals surface area contributed by atoms with Crippen molar-refractivity contribution in [2.24, 2.45) is 0 Å². The van der Waals surface area contributed by atoms with Crippen molar-refractivity contribution < 1.29 is 23.6 Å². The molecule has 202 valence electrons. The molecule has 0 radical (unpaired) electrons. The molecule has 4 aromatic rings. The Morgan fingerprint density at radius 2 is 1.56 bits per heavy atom. The van der Waals surface area contributed by atoms with Gasteiger partial charge in [-0.05, 0) is 56.4 Å². The molecule has 39 heavy (non-hydrogen) atoms. The van der Waals surface area contributed by atoms with Gasteiger partial charge in [0.25, 0.3) is 0 Å². The van der Waals surface area contributed by atoms with E-state index in [0.29, 0.717) is 35.1 Å². The molecule has 1 heterocycles. The van der Waals surface area contributed by atoms with Crippen molar-refractivity contribution in [3.63, 3.8) is 0 Å². The van der Waals surface area contributed by atoms with Crippen LogP contribution < -0.4 is 0 Å². The van der Waals surface area contributed by atoms with Crippen LogP contribution in [0.1, 0.15) is 55.2 Å². The lowest BCUT2D eigenvalue weighted by Crippen LogP contribution is -2.12. The fourth-order valence-corrected chi connectivity index (χ4v) is 4.71. The first-order valence-corrected chi connectivity index (χ1v) is 13.5. The van der Waals surface area contributed by atoms with E-state index >= 15 is 0 Å². The maximum Gasteiger partial charge on any atom is 0.311 e. The third-order valence-corrected chi connectivity index (χ3v) is 6.89. The molecular weight excluding hydrogens is 514 g/mol. The molecule has 1 aromatic heterocycles. The lowest BCUT2D eigenvalue weighted by atomic mass is 9.99. The van der Waals surface area contributed by atoms with Crippen molar-refractivity contribution in [1.82, 2.24) is 5.16 Å². The van der Waals surface area contributed by atoms with E-state index in [1.807, 2.05) is 56.3 Å². The Morgan fingerprint density at radius 3 is 2.23 bits per heavy atom. The minimum atomic E-state index is -0.474. The van der Waals surface area contributed by atoms with Crippen molar-refractivity contribution >= 4 is 23.5 Å². The van der Waals surface area contributed by atoms with Crippen molar-refractivity contribution in [2.75, 3.05) is 6.61 Å². The predicted molar refractivity (Wildman–Crippen MR) is 151 cm³/mol. The van der Waals surface area contributed by atoms with Gasteiger partial charge in [-0.2, -0.15) is 0 Å². The van der Waals surface area contributed by atoms with E-state index in [1.54, 1.807) is 13.0 Å². The Kier molecular flexibility index (Phi) is 9.55. The van der Waals surface area contributed by atoms with E-state index in [1.165, 1.54) is 5.56 Å². The summed E-state index contributed by atoms with van der Waals surface area (Å²) in [6.07, 6.45) is 1.58. The second kappa shape index (κ2) is 13.3. The average Bonchev–Trinajstić information content (AvgIpc) is 3.29. The summed E-state index contributed by atoms with van der Waals surface area (Å²) >= 11 is 6.25. The van der Waals surface area contributed by atoms with Crippen molar-refractivity contribution in [3.8, 4) is 22.5 Å². The topological polar surface area (TPSA) is 78.6 Å². The Hall–Kier alpha value is -3.90. The standard InChI is InChI=1S/C32H32ClNO5/c1-4-37-30(35)11-7-8-23-12-14-24(15-13-23)25-16-18-26(19-17-25)32-28(21(2)34-39-32)20-31(36)38-22(3)27-9-5-6-10-29(27)33/h5-6,9-10,12-19,22H,4,7-8,11,20H2,1-3H3. The van der Waals surface area contributed by atoms with Gasteiger partial charge < -0.3 is 14.0 Å². The van der Waals surface area contributed by atoms with Crippen LogP contribution in [-0.2, 0) is 31.9 Å².